The molecule has 176 valence electrons. The van der Waals surface area contributed by atoms with Gasteiger partial charge in [0.1, 0.15) is 12.4 Å². The zero-order chi connectivity index (χ0) is 24.1. The van der Waals surface area contributed by atoms with Gasteiger partial charge in [0.2, 0.25) is 11.5 Å². The van der Waals surface area contributed by atoms with E-state index in [4.69, 9.17) is 20.0 Å². The van der Waals surface area contributed by atoms with Gasteiger partial charge in [-0.2, -0.15) is 0 Å². The summed E-state index contributed by atoms with van der Waals surface area (Å²) in [5.74, 6) is -0.849. The molecule has 0 bridgehead atoms. The van der Waals surface area contributed by atoms with Crippen molar-refractivity contribution in [1.82, 2.24) is 15.9 Å². The molecule has 1 atom stereocenters. The van der Waals surface area contributed by atoms with E-state index in [2.05, 4.69) is 10.1 Å². The Hall–Kier alpha value is -4.02. The topological polar surface area (TPSA) is 142 Å². The minimum atomic E-state index is -1.55. The number of carbonyl (C=O) groups is 2. The van der Waals surface area contributed by atoms with Crippen molar-refractivity contribution in [1.29, 1.82) is 0 Å². The van der Waals surface area contributed by atoms with Gasteiger partial charge in [0.15, 0.2) is 0 Å². The van der Waals surface area contributed by atoms with Gasteiger partial charge >= 0.3 is 0 Å². The number of benzene rings is 2. The van der Waals surface area contributed by atoms with Gasteiger partial charge in [-0.15, -0.1) is 0 Å². The molecule has 4 rings (SSSR count). The van der Waals surface area contributed by atoms with Crippen LogP contribution in [-0.4, -0.2) is 38.5 Å². The number of rotatable bonds is 8. The maximum atomic E-state index is 12.2. The van der Waals surface area contributed by atoms with Crippen LogP contribution >= 0.6 is 0 Å². The fraction of sp³-hybridized carbons (Fsp3) is 0.250. The van der Waals surface area contributed by atoms with E-state index in [0.717, 1.165) is 22.2 Å². The molecule has 0 radical (unpaired) electrons. The maximum Gasteiger partial charge on any atom is 0.290 e. The molecule has 10 heteroatoms. The summed E-state index contributed by atoms with van der Waals surface area (Å²) in [4.78, 5) is 33.5. The van der Waals surface area contributed by atoms with Gasteiger partial charge in [0, 0.05) is 35.9 Å². The van der Waals surface area contributed by atoms with Crippen molar-refractivity contribution in [3.63, 3.8) is 0 Å². The van der Waals surface area contributed by atoms with Gasteiger partial charge in [-0.3, -0.25) is 25.0 Å². The highest BCUT2D eigenvalue weighted by molar-refractivity contribution is 6.05. The van der Waals surface area contributed by atoms with Gasteiger partial charge in [-0.1, -0.05) is 23.4 Å². The fourth-order valence-corrected chi connectivity index (χ4v) is 3.89. The van der Waals surface area contributed by atoms with Crippen molar-refractivity contribution in [3.05, 3.63) is 71.4 Å². The van der Waals surface area contributed by atoms with Crippen molar-refractivity contribution in [3.8, 4) is 5.75 Å². The summed E-state index contributed by atoms with van der Waals surface area (Å²) in [7, 11) is 0. The van der Waals surface area contributed by atoms with Gasteiger partial charge in [-0.05, 0) is 48.9 Å². The lowest BCUT2D eigenvalue weighted by Gasteiger charge is -2.23. The van der Waals surface area contributed by atoms with Crippen LogP contribution in [0.2, 0.25) is 0 Å². The van der Waals surface area contributed by atoms with Crippen LogP contribution in [-0.2, 0) is 21.0 Å². The Balaban J connectivity index is 1.44. The molecular weight excluding hydrogens is 440 g/mol. The minimum absolute atomic E-state index is 0.0422. The number of aryl methyl sites for hydroxylation is 1. The predicted octanol–water partition coefficient (Wildman–Crippen LogP) is 2.78. The molecule has 0 saturated heterocycles. The normalized spacial score (nSPS) is 17.1. The molecule has 2 aromatic carbocycles. The third-order valence-corrected chi connectivity index (χ3v) is 5.69. The van der Waals surface area contributed by atoms with E-state index >= 15 is 0 Å². The first-order valence-corrected chi connectivity index (χ1v) is 10.6. The number of carbonyl (C=O) groups excluding carboxylic acids is 2. The first-order valence-electron chi connectivity index (χ1n) is 10.6. The molecule has 0 fully saturated rings. The summed E-state index contributed by atoms with van der Waals surface area (Å²) in [6.45, 7) is 2.32. The zero-order valence-corrected chi connectivity index (χ0v) is 18.4. The molecule has 0 saturated carbocycles. The maximum absolute atomic E-state index is 12.2. The molecule has 0 aliphatic carbocycles. The smallest absolute Gasteiger partial charge is 0.290 e. The minimum Gasteiger partial charge on any atom is -0.489 e. The van der Waals surface area contributed by atoms with Crippen LogP contribution in [0.4, 0.5) is 0 Å². The number of aromatic nitrogens is 1. The molecule has 4 N–H and O–H groups in total. The van der Waals surface area contributed by atoms with Crippen LogP contribution in [0.1, 0.15) is 36.1 Å². The second-order valence-electron chi connectivity index (χ2n) is 8.03. The molecule has 1 aliphatic rings. The first kappa shape index (κ1) is 23.1. The van der Waals surface area contributed by atoms with E-state index < -0.39 is 17.4 Å². The third kappa shape index (κ3) is 4.82. The number of hydrogen-bond donors (Lipinski definition) is 4. The van der Waals surface area contributed by atoms with E-state index in [0.29, 0.717) is 23.6 Å². The number of nitrogens with one attached hydrogen (secondary N) is 2. The molecule has 1 aromatic heterocycles. The fourth-order valence-electron chi connectivity index (χ4n) is 3.89. The first-order chi connectivity index (χ1) is 16.4. The summed E-state index contributed by atoms with van der Waals surface area (Å²) in [6, 6.07) is 17.1. The number of hydrogen-bond acceptors (Lipinski definition) is 8. The van der Waals surface area contributed by atoms with Crippen LogP contribution in [0.5, 0.6) is 5.75 Å². The number of nitrogens with zero attached hydrogens (tertiary/aromatic N) is 2. The highest BCUT2D eigenvalue weighted by atomic mass is 16.7. The number of pyridine rings is 1. The lowest BCUT2D eigenvalue weighted by molar-refractivity contribution is -0.154. The van der Waals surface area contributed by atoms with E-state index in [-0.39, 0.29) is 19.3 Å². The Morgan fingerprint density at radius 2 is 1.88 bits per heavy atom. The molecule has 10 nitrogen and oxygen atoms in total. The Kier molecular flexibility index (Phi) is 6.71. The number of hydroxylamine groups is 2. The molecule has 2 heterocycles. The highest BCUT2D eigenvalue weighted by Crippen LogP contribution is 2.32. The number of para-hydroxylation sites is 1. The van der Waals surface area contributed by atoms with Crippen molar-refractivity contribution in [2.45, 2.75) is 38.4 Å². The SMILES string of the molecule is Cc1cc(COc2ccc(C3=NOC(CCC(=O)NO)(C(=O)NO)C3)cc2)c2ccccc2n1. The molecule has 1 unspecified atom stereocenters. The van der Waals surface area contributed by atoms with E-state index in [1.165, 1.54) is 5.48 Å². The number of oxime groups is 1. The van der Waals surface area contributed by atoms with Crippen molar-refractivity contribution in [2.75, 3.05) is 0 Å². The summed E-state index contributed by atoms with van der Waals surface area (Å²) in [5.41, 5.74) is 5.58. The summed E-state index contributed by atoms with van der Waals surface area (Å²) < 4.78 is 5.98. The van der Waals surface area contributed by atoms with Crippen molar-refractivity contribution in [2.24, 2.45) is 5.16 Å². The van der Waals surface area contributed by atoms with Gasteiger partial charge in [-0.25, -0.2) is 11.0 Å². The standard InChI is InChI=1S/C24H24N4O6/c1-15-12-17(19-4-2-3-5-20(19)25-15)14-33-18-8-6-16(7-9-18)21-13-24(34-28-21,23(30)27-32)11-10-22(29)26-31/h2-9,12,31-32H,10-11,13-14H2,1H3,(H,26,29)(H,27,30). The van der Waals surface area contributed by atoms with Gasteiger partial charge < -0.3 is 9.57 Å². The Morgan fingerprint density at radius 3 is 2.62 bits per heavy atom. The number of ether oxygens (including phenoxy) is 1. The quantitative estimate of drug-likeness (QED) is 0.297. The average molecular weight is 464 g/mol. The van der Waals surface area contributed by atoms with Gasteiger partial charge in [0.25, 0.3) is 5.91 Å². The van der Waals surface area contributed by atoms with Crippen LogP contribution in [0.3, 0.4) is 0 Å². The molecule has 3 aromatic rings. The molecule has 1 aliphatic heterocycles. The predicted molar refractivity (Wildman–Crippen MR) is 121 cm³/mol. The van der Waals surface area contributed by atoms with E-state index in [1.807, 2.05) is 37.3 Å². The Labute approximate surface area is 195 Å². The number of amides is 2. The molecule has 2 amide bonds. The second kappa shape index (κ2) is 9.86. The van der Waals surface area contributed by atoms with Crippen LogP contribution < -0.4 is 15.7 Å². The molecular formula is C24H24N4O6. The summed E-state index contributed by atoms with van der Waals surface area (Å²) in [6.07, 6.45) is -0.234. The zero-order valence-electron chi connectivity index (χ0n) is 18.4. The Bertz CT molecular complexity index is 1240. The molecule has 34 heavy (non-hydrogen) atoms. The lowest BCUT2D eigenvalue weighted by Crippen LogP contribution is -2.46. The van der Waals surface area contributed by atoms with Crippen LogP contribution in [0.15, 0.2) is 59.8 Å². The molecule has 0 spiro atoms. The number of fused-ring (bicyclic) bond motifs is 1. The van der Waals surface area contributed by atoms with Crippen LogP contribution in [0, 0.1) is 6.92 Å². The highest BCUT2D eigenvalue weighted by Gasteiger charge is 2.47. The monoisotopic (exact) mass is 464 g/mol. The Morgan fingerprint density at radius 1 is 1.12 bits per heavy atom. The summed E-state index contributed by atoms with van der Waals surface area (Å²) in [5, 5.41) is 22.8. The van der Waals surface area contributed by atoms with E-state index in [1.54, 1.807) is 29.7 Å². The van der Waals surface area contributed by atoms with E-state index in [9.17, 15) is 9.59 Å². The van der Waals surface area contributed by atoms with Crippen molar-refractivity contribution >= 4 is 28.4 Å². The van der Waals surface area contributed by atoms with Crippen molar-refractivity contribution < 1.29 is 29.6 Å². The van der Waals surface area contributed by atoms with Gasteiger partial charge in [0.05, 0.1) is 11.2 Å². The largest absolute Gasteiger partial charge is 0.489 e. The summed E-state index contributed by atoms with van der Waals surface area (Å²) >= 11 is 0. The second-order valence-corrected chi connectivity index (χ2v) is 8.03. The average Bonchev–Trinajstić information content (AvgIpc) is 3.31. The third-order valence-electron chi connectivity index (χ3n) is 5.69. The lowest BCUT2D eigenvalue weighted by atomic mass is 9.89. The van der Waals surface area contributed by atoms with Crippen LogP contribution in [0.25, 0.3) is 10.9 Å².